The van der Waals surface area contributed by atoms with Crippen LogP contribution in [0, 0.1) is 6.92 Å². The van der Waals surface area contributed by atoms with Gasteiger partial charge in [-0.15, -0.1) is 24.0 Å². The van der Waals surface area contributed by atoms with E-state index >= 15 is 0 Å². The minimum Gasteiger partial charge on any atom is -0.494 e. The number of nitrogens with zero attached hydrogens (tertiary/aromatic N) is 3. The number of guanidine groups is 1. The van der Waals surface area contributed by atoms with Crippen LogP contribution in [0.15, 0.2) is 52.1 Å². The number of benzene rings is 1. The number of hydrogen-bond donors (Lipinski definition) is 1. The van der Waals surface area contributed by atoms with Crippen LogP contribution in [0.1, 0.15) is 22.5 Å². The van der Waals surface area contributed by atoms with Gasteiger partial charge in [0, 0.05) is 39.8 Å². The molecule has 0 atom stereocenters. The van der Waals surface area contributed by atoms with Crippen LogP contribution in [-0.2, 0) is 0 Å². The molecule has 1 aliphatic rings. The van der Waals surface area contributed by atoms with Gasteiger partial charge in [0.25, 0.3) is 5.91 Å². The molecule has 0 saturated carbocycles. The van der Waals surface area contributed by atoms with Gasteiger partial charge in [-0.2, -0.15) is 0 Å². The van der Waals surface area contributed by atoms with E-state index in [-0.39, 0.29) is 29.9 Å². The molecule has 1 aliphatic heterocycles. The standard InChI is InChI=1S/C21H28N4O3.HI/c1-17-6-8-18(9-7-17)27-16-4-10-23-21(22-2)25-13-11-24(12-14-25)20(26)19-5-3-15-28-19;/h3,5-9,15H,4,10-14,16H2,1-2H3,(H,22,23);1H. The second kappa shape index (κ2) is 11.7. The molecule has 1 aromatic heterocycles. The number of hydrogen-bond acceptors (Lipinski definition) is 4. The smallest absolute Gasteiger partial charge is 0.289 e. The van der Waals surface area contributed by atoms with Crippen LogP contribution < -0.4 is 10.1 Å². The van der Waals surface area contributed by atoms with E-state index < -0.39 is 0 Å². The first-order valence-corrected chi connectivity index (χ1v) is 9.65. The summed E-state index contributed by atoms with van der Waals surface area (Å²) in [6, 6.07) is 11.5. The number of carbonyl (C=O) groups excluding carboxylic acids is 1. The highest BCUT2D eigenvalue weighted by atomic mass is 127. The zero-order valence-corrected chi connectivity index (χ0v) is 19.3. The monoisotopic (exact) mass is 512 g/mol. The number of aryl methyl sites for hydroxylation is 1. The van der Waals surface area contributed by atoms with Gasteiger partial charge in [-0.05, 0) is 37.6 Å². The van der Waals surface area contributed by atoms with Crippen molar-refractivity contribution in [2.45, 2.75) is 13.3 Å². The molecule has 8 heteroatoms. The third-order valence-corrected chi connectivity index (χ3v) is 4.70. The maximum atomic E-state index is 12.3. The maximum absolute atomic E-state index is 12.3. The minimum atomic E-state index is -0.0548. The van der Waals surface area contributed by atoms with E-state index in [2.05, 4.69) is 22.1 Å². The molecule has 3 rings (SSSR count). The Balaban J connectivity index is 0.00000300. The predicted molar refractivity (Wildman–Crippen MR) is 124 cm³/mol. The van der Waals surface area contributed by atoms with Gasteiger partial charge in [0.2, 0.25) is 0 Å². The third-order valence-electron chi connectivity index (χ3n) is 4.70. The van der Waals surface area contributed by atoms with E-state index in [1.165, 1.54) is 11.8 Å². The van der Waals surface area contributed by atoms with E-state index in [1.807, 2.05) is 29.2 Å². The topological polar surface area (TPSA) is 70.3 Å². The lowest BCUT2D eigenvalue weighted by Crippen LogP contribution is -2.53. The molecule has 0 aliphatic carbocycles. The van der Waals surface area contributed by atoms with Gasteiger partial charge in [0.1, 0.15) is 5.75 Å². The molecule has 7 nitrogen and oxygen atoms in total. The molecule has 0 unspecified atom stereocenters. The van der Waals surface area contributed by atoms with Gasteiger partial charge in [0.05, 0.1) is 12.9 Å². The largest absolute Gasteiger partial charge is 0.494 e. The van der Waals surface area contributed by atoms with Gasteiger partial charge in [-0.3, -0.25) is 9.79 Å². The number of nitrogens with one attached hydrogen (secondary N) is 1. The Morgan fingerprint density at radius 1 is 1.14 bits per heavy atom. The van der Waals surface area contributed by atoms with Crippen molar-refractivity contribution >= 4 is 35.8 Å². The number of amides is 1. The summed E-state index contributed by atoms with van der Waals surface area (Å²) in [6.07, 6.45) is 2.40. The molecule has 29 heavy (non-hydrogen) atoms. The summed E-state index contributed by atoms with van der Waals surface area (Å²) in [5, 5.41) is 3.38. The van der Waals surface area contributed by atoms with Crippen LogP contribution in [0.3, 0.4) is 0 Å². The van der Waals surface area contributed by atoms with Gasteiger partial charge in [0.15, 0.2) is 11.7 Å². The molecule has 1 aromatic carbocycles. The Hall–Kier alpha value is -2.23. The second-order valence-corrected chi connectivity index (χ2v) is 6.75. The quantitative estimate of drug-likeness (QED) is 0.279. The molecule has 158 valence electrons. The zero-order chi connectivity index (χ0) is 19.8. The molecule has 2 aromatic rings. The number of rotatable bonds is 6. The highest BCUT2D eigenvalue weighted by molar-refractivity contribution is 14.0. The molecule has 0 spiro atoms. The predicted octanol–water partition coefficient (Wildman–Crippen LogP) is 3.01. The fraction of sp³-hybridized carbons (Fsp3) is 0.429. The van der Waals surface area contributed by atoms with Crippen LogP contribution in [0.5, 0.6) is 5.75 Å². The molecule has 1 amide bonds. The Morgan fingerprint density at radius 3 is 2.45 bits per heavy atom. The zero-order valence-electron chi connectivity index (χ0n) is 17.0. The van der Waals surface area contributed by atoms with Crippen molar-refractivity contribution in [3.8, 4) is 5.75 Å². The summed E-state index contributed by atoms with van der Waals surface area (Å²) in [7, 11) is 1.78. The average Bonchev–Trinajstić information content (AvgIpc) is 3.27. The van der Waals surface area contributed by atoms with Crippen molar-refractivity contribution in [1.82, 2.24) is 15.1 Å². The minimum absolute atomic E-state index is 0. The molecule has 2 heterocycles. The Bertz CT molecular complexity index is 770. The molecule has 0 radical (unpaired) electrons. The lowest BCUT2D eigenvalue weighted by molar-refractivity contribution is 0.0657. The summed E-state index contributed by atoms with van der Waals surface area (Å²) < 4.78 is 11.0. The highest BCUT2D eigenvalue weighted by Crippen LogP contribution is 2.12. The van der Waals surface area contributed by atoms with Crippen LogP contribution in [-0.4, -0.2) is 68.0 Å². The fourth-order valence-electron chi connectivity index (χ4n) is 3.11. The van der Waals surface area contributed by atoms with E-state index in [4.69, 9.17) is 9.15 Å². The van der Waals surface area contributed by atoms with E-state index in [0.717, 1.165) is 37.8 Å². The van der Waals surface area contributed by atoms with Crippen molar-refractivity contribution in [2.24, 2.45) is 4.99 Å². The summed E-state index contributed by atoms with van der Waals surface area (Å²) in [5.41, 5.74) is 1.23. The SMILES string of the molecule is CN=C(NCCCOc1ccc(C)cc1)N1CCN(C(=O)c2ccco2)CC1.I. The molecule has 1 N–H and O–H groups in total. The van der Waals surface area contributed by atoms with Gasteiger partial charge < -0.3 is 24.3 Å². The summed E-state index contributed by atoms with van der Waals surface area (Å²) >= 11 is 0. The fourth-order valence-corrected chi connectivity index (χ4v) is 3.11. The lowest BCUT2D eigenvalue weighted by atomic mass is 10.2. The molecular weight excluding hydrogens is 483 g/mol. The number of carbonyl (C=O) groups is 1. The number of aliphatic imine (C=N–C) groups is 1. The number of halogens is 1. The van der Waals surface area contributed by atoms with Crippen LogP contribution >= 0.6 is 24.0 Å². The van der Waals surface area contributed by atoms with Crippen molar-refractivity contribution in [3.05, 3.63) is 54.0 Å². The number of ether oxygens (including phenoxy) is 1. The van der Waals surface area contributed by atoms with E-state index in [9.17, 15) is 4.79 Å². The van der Waals surface area contributed by atoms with E-state index in [0.29, 0.717) is 25.5 Å². The van der Waals surface area contributed by atoms with Gasteiger partial charge in [-0.25, -0.2) is 0 Å². The van der Waals surface area contributed by atoms with Crippen molar-refractivity contribution in [3.63, 3.8) is 0 Å². The van der Waals surface area contributed by atoms with Crippen molar-refractivity contribution in [2.75, 3.05) is 46.4 Å². The highest BCUT2D eigenvalue weighted by Gasteiger charge is 2.24. The van der Waals surface area contributed by atoms with E-state index in [1.54, 1.807) is 19.2 Å². The Labute approximate surface area is 189 Å². The molecule has 0 bridgehead atoms. The maximum Gasteiger partial charge on any atom is 0.289 e. The summed E-state index contributed by atoms with van der Waals surface area (Å²) in [6.45, 7) is 6.28. The van der Waals surface area contributed by atoms with Crippen molar-refractivity contribution < 1.29 is 13.9 Å². The first-order valence-electron chi connectivity index (χ1n) is 9.65. The molecule has 1 saturated heterocycles. The molecule has 1 fully saturated rings. The first kappa shape index (κ1) is 23.1. The second-order valence-electron chi connectivity index (χ2n) is 6.75. The Kier molecular flexibility index (Phi) is 9.30. The van der Waals surface area contributed by atoms with Gasteiger partial charge in [-0.1, -0.05) is 17.7 Å². The van der Waals surface area contributed by atoms with Crippen LogP contribution in [0.2, 0.25) is 0 Å². The van der Waals surface area contributed by atoms with Crippen LogP contribution in [0.4, 0.5) is 0 Å². The number of furan rings is 1. The normalized spacial score (nSPS) is 14.3. The summed E-state index contributed by atoms with van der Waals surface area (Å²) in [4.78, 5) is 20.7. The lowest BCUT2D eigenvalue weighted by Gasteiger charge is -2.36. The number of piperazine rings is 1. The van der Waals surface area contributed by atoms with Gasteiger partial charge >= 0.3 is 0 Å². The average molecular weight is 512 g/mol. The molecular formula is C21H29IN4O3. The Morgan fingerprint density at radius 2 is 1.83 bits per heavy atom. The van der Waals surface area contributed by atoms with Crippen molar-refractivity contribution in [1.29, 1.82) is 0 Å². The van der Waals surface area contributed by atoms with Crippen LogP contribution in [0.25, 0.3) is 0 Å². The third kappa shape index (κ3) is 6.66. The first-order chi connectivity index (χ1) is 13.7. The summed E-state index contributed by atoms with van der Waals surface area (Å²) in [5.74, 6) is 2.10.